The highest BCUT2D eigenvalue weighted by Gasteiger charge is 2.35. The summed E-state index contributed by atoms with van der Waals surface area (Å²) in [5.74, 6) is 0. The number of halogens is 4. The Kier molecular flexibility index (Phi) is 5.63. The highest BCUT2D eigenvalue weighted by atomic mass is 35.5. The number of carbonyl (C=O) groups is 1. The van der Waals surface area contributed by atoms with Crippen molar-refractivity contribution in [3.05, 3.63) is 76.1 Å². The third-order valence-corrected chi connectivity index (χ3v) is 5.21. The molecule has 4 rings (SSSR count). The summed E-state index contributed by atoms with van der Waals surface area (Å²) in [5.41, 5.74) is 1.78. The number of rotatable bonds is 4. The summed E-state index contributed by atoms with van der Waals surface area (Å²) < 4.78 is 40.7. The minimum absolute atomic E-state index is 0.137. The number of carbonyl (C=O) groups excluding carboxylic acids is 1. The molecular formula is C21H18ClF3N4O2. The molecule has 0 radical (unpaired) electrons. The van der Waals surface area contributed by atoms with Gasteiger partial charge < -0.3 is 15.7 Å². The second-order valence-electron chi connectivity index (χ2n) is 7.22. The third-order valence-electron chi connectivity index (χ3n) is 4.97. The highest BCUT2D eigenvalue weighted by Crippen LogP contribution is 2.31. The predicted molar refractivity (Wildman–Crippen MR) is 109 cm³/mol. The van der Waals surface area contributed by atoms with Crippen molar-refractivity contribution in [1.82, 2.24) is 15.1 Å². The Morgan fingerprint density at radius 2 is 1.97 bits per heavy atom. The van der Waals surface area contributed by atoms with Crippen molar-refractivity contribution < 1.29 is 23.1 Å². The van der Waals surface area contributed by atoms with Gasteiger partial charge in [0.25, 0.3) is 0 Å². The number of hydrogen-bond donors (Lipinski definition) is 3. The van der Waals surface area contributed by atoms with Crippen molar-refractivity contribution in [2.24, 2.45) is 0 Å². The summed E-state index contributed by atoms with van der Waals surface area (Å²) in [6.07, 6.45) is -4.17. The van der Waals surface area contributed by atoms with E-state index >= 15 is 0 Å². The van der Waals surface area contributed by atoms with Gasteiger partial charge in [-0.1, -0.05) is 29.8 Å². The van der Waals surface area contributed by atoms with E-state index in [9.17, 15) is 23.1 Å². The van der Waals surface area contributed by atoms with Crippen LogP contribution in [0.5, 0.6) is 0 Å². The van der Waals surface area contributed by atoms with Crippen molar-refractivity contribution >= 4 is 23.3 Å². The van der Waals surface area contributed by atoms with E-state index in [0.29, 0.717) is 29.2 Å². The lowest BCUT2D eigenvalue weighted by molar-refractivity contribution is -0.141. The normalized spacial score (nSPS) is 15.6. The maximum absolute atomic E-state index is 13.2. The van der Waals surface area contributed by atoms with E-state index in [2.05, 4.69) is 15.7 Å². The first-order valence-corrected chi connectivity index (χ1v) is 9.84. The number of alkyl halides is 3. The Balaban J connectivity index is 1.53. The van der Waals surface area contributed by atoms with Crippen LogP contribution in [0, 0.1) is 0 Å². The van der Waals surface area contributed by atoms with E-state index in [1.165, 1.54) is 6.07 Å². The number of aliphatic hydroxyl groups excluding tert-OH is 1. The number of fused-ring (bicyclic) bond motifs is 1. The fraction of sp³-hybridized carbons (Fsp3) is 0.238. The lowest BCUT2D eigenvalue weighted by Gasteiger charge is -2.12. The van der Waals surface area contributed by atoms with Gasteiger partial charge in [0, 0.05) is 17.1 Å². The maximum Gasteiger partial charge on any atom is 0.435 e. The number of anilines is 1. The zero-order valence-corrected chi connectivity index (χ0v) is 16.8. The second kappa shape index (κ2) is 8.24. The Morgan fingerprint density at radius 3 is 2.71 bits per heavy atom. The zero-order valence-electron chi connectivity index (χ0n) is 16.1. The van der Waals surface area contributed by atoms with E-state index < -0.39 is 24.0 Å². The van der Waals surface area contributed by atoms with Crippen molar-refractivity contribution in [1.29, 1.82) is 0 Å². The molecule has 1 atom stereocenters. The molecule has 1 aliphatic carbocycles. The van der Waals surface area contributed by atoms with Crippen molar-refractivity contribution in [2.75, 3.05) is 5.32 Å². The van der Waals surface area contributed by atoms with Crippen molar-refractivity contribution in [2.45, 2.75) is 31.7 Å². The molecule has 0 saturated heterocycles. The molecule has 0 fully saturated rings. The average molecular weight is 451 g/mol. The fourth-order valence-electron chi connectivity index (χ4n) is 3.60. The molecule has 2 amide bonds. The van der Waals surface area contributed by atoms with E-state index in [-0.39, 0.29) is 12.2 Å². The molecule has 6 nitrogen and oxygen atoms in total. The number of aliphatic hydroxyl groups is 1. The van der Waals surface area contributed by atoms with Crippen LogP contribution in [0.15, 0.2) is 48.5 Å². The van der Waals surface area contributed by atoms with Crippen molar-refractivity contribution in [3.63, 3.8) is 0 Å². The largest absolute Gasteiger partial charge is 0.435 e. The quantitative estimate of drug-likeness (QED) is 0.553. The predicted octanol–water partition coefficient (Wildman–Crippen LogP) is 4.33. The molecule has 3 N–H and O–H groups in total. The Labute approximate surface area is 180 Å². The van der Waals surface area contributed by atoms with Crippen LogP contribution < -0.4 is 10.6 Å². The number of benzene rings is 2. The summed E-state index contributed by atoms with van der Waals surface area (Å²) in [5, 5.41) is 19.1. The Morgan fingerprint density at radius 1 is 1.19 bits per heavy atom. The van der Waals surface area contributed by atoms with Gasteiger partial charge in [-0.25, -0.2) is 9.48 Å². The molecule has 0 bridgehead atoms. The Hall–Kier alpha value is -3.04. The Bertz CT molecular complexity index is 1130. The van der Waals surface area contributed by atoms with Gasteiger partial charge in [0.1, 0.15) is 0 Å². The van der Waals surface area contributed by atoms with Gasteiger partial charge in [-0.15, -0.1) is 0 Å². The fourth-order valence-corrected chi connectivity index (χ4v) is 3.78. The third kappa shape index (κ3) is 4.67. The maximum atomic E-state index is 13.2. The summed E-state index contributed by atoms with van der Waals surface area (Å²) in [6.45, 7) is -0.195. The summed E-state index contributed by atoms with van der Waals surface area (Å²) in [6, 6.07) is 11.9. The average Bonchev–Trinajstić information content (AvgIpc) is 3.30. The molecular weight excluding hydrogens is 433 g/mol. The molecule has 31 heavy (non-hydrogen) atoms. The minimum atomic E-state index is -4.63. The smallest absolute Gasteiger partial charge is 0.392 e. The van der Waals surface area contributed by atoms with Gasteiger partial charge in [0.2, 0.25) is 0 Å². The molecule has 162 valence electrons. The molecule has 0 spiro atoms. The standard InChI is InChI=1S/C21H18ClF3N4O2/c22-13-4-2-5-14(8-13)29-15(9-19(28-29)21(23,24)25)11-26-20(31)27-18-6-1-3-12-7-16(30)10-17(12)18/h1-6,8-9,16,30H,7,10-11H2,(H2,26,27,31). The van der Waals surface area contributed by atoms with Crippen LogP contribution in [0.4, 0.5) is 23.7 Å². The number of nitrogens with zero attached hydrogens (tertiary/aromatic N) is 2. The monoisotopic (exact) mass is 450 g/mol. The second-order valence-corrected chi connectivity index (χ2v) is 7.66. The summed E-state index contributed by atoms with van der Waals surface area (Å²) in [7, 11) is 0. The topological polar surface area (TPSA) is 79.2 Å². The van der Waals surface area contributed by atoms with Gasteiger partial charge in [0.15, 0.2) is 5.69 Å². The highest BCUT2D eigenvalue weighted by molar-refractivity contribution is 6.30. The van der Waals surface area contributed by atoms with Gasteiger partial charge >= 0.3 is 12.2 Å². The molecule has 0 aliphatic heterocycles. The molecule has 0 saturated carbocycles. The SMILES string of the molecule is O=C(NCc1cc(C(F)(F)F)nn1-c1cccc(Cl)c1)Nc1cccc2c1CC(O)C2. The molecule has 1 unspecified atom stereocenters. The van der Waals surface area contributed by atoms with Crippen LogP contribution in [-0.4, -0.2) is 27.0 Å². The van der Waals surface area contributed by atoms with E-state index in [1.807, 2.05) is 6.07 Å². The number of urea groups is 1. The van der Waals surface area contributed by atoms with Gasteiger partial charge in [-0.3, -0.25) is 0 Å². The van der Waals surface area contributed by atoms with E-state index in [4.69, 9.17) is 11.6 Å². The summed E-state index contributed by atoms with van der Waals surface area (Å²) in [4.78, 5) is 12.4. The number of amides is 2. The molecule has 1 aliphatic rings. The molecule has 3 aromatic rings. The zero-order chi connectivity index (χ0) is 22.2. The summed E-state index contributed by atoms with van der Waals surface area (Å²) >= 11 is 5.96. The van der Waals surface area contributed by atoms with Gasteiger partial charge in [-0.05, 0) is 47.9 Å². The van der Waals surface area contributed by atoms with Crippen LogP contribution in [0.1, 0.15) is 22.5 Å². The van der Waals surface area contributed by atoms with Gasteiger partial charge in [0.05, 0.1) is 24.0 Å². The molecule has 2 aromatic carbocycles. The number of nitrogens with one attached hydrogen (secondary N) is 2. The van der Waals surface area contributed by atoms with Crippen LogP contribution in [0.2, 0.25) is 5.02 Å². The lowest BCUT2D eigenvalue weighted by atomic mass is 10.1. The first-order chi connectivity index (χ1) is 14.7. The molecule has 10 heteroatoms. The van der Waals surface area contributed by atoms with Gasteiger partial charge in [-0.2, -0.15) is 18.3 Å². The van der Waals surface area contributed by atoms with Crippen molar-refractivity contribution in [3.8, 4) is 5.69 Å². The van der Waals surface area contributed by atoms with Crippen LogP contribution in [0.25, 0.3) is 5.69 Å². The van der Waals surface area contributed by atoms with E-state index in [0.717, 1.165) is 21.9 Å². The first-order valence-electron chi connectivity index (χ1n) is 9.46. The molecule has 1 heterocycles. The van der Waals surface area contributed by atoms with E-state index in [1.54, 1.807) is 30.3 Å². The molecule has 1 aromatic heterocycles. The van der Waals surface area contributed by atoms with Crippen LogP contribution >= 0.6 is 11.6 Å². The first kappa shape index (κ1) is 21.2. The van der Waals surface area contributed by atoms with Crippen LogP contribution in [-0.2, 0) is 25.6 Å². The number of aromatic nitrogens is 2. The van der Waals surface area contributed by atoms with Crippen LogP contribution in [0.3, 0.4) is 0 Å². The number of hydrogen-bond acceptors (Lipinski definition) is 3. The lowest BCUT2D eigenvalue weighted by Crippen LogP contribution is -2.29. The minimum Gasteiger partial charge on any atom is -0.392 e.